The van der Waals surface area contributed by atoms with Gasteiger partial charge in [-0.25, -0.2) is 0 Å². The maximum atomic E-state index is 5.70. The van der Waals surface area contributed by atoms with Gasteiger partial charge >= 0.3 is 0 Å². The summed E-state index contributed by atoms with van der Waals surface area (Å²) in [7, 11) is 1.77. The largest absolute Gasteiger partial charge is 0.496 e. The average Bonchev–Trinajstić information content (AvgIpc) is 2.81. The molecule has 2 aliphatic rings. The van der Waals surface area contributed by atoms with E-state index in [0.717, 1.165) is 31.8 Å². The Kier molecular flexibility index (Phi) is 4.43. The third-order valence-corrected chi connectivity index (χ3v) is 5.67. The number of rotatable bonds is 3. The molecule has 2 aliphatic heterocycles. The summed E-state index contributed by atoms with van der Waals surface area (Å²) in [5.41, 5.74) is 6.69. The van der Waals surface area contributed by atoms with Crippen LogP contribution in [0.3, 0.4) is 0 Å². The fourth-order valence-corrected chi connectivity index (χ4v) is 4.22. The predicted molar refractivity (Wildman–Crippen MR) is 105 cm³/mol. The van der Waals surface area contributed by atoms with Crippen molar-refractivity contribution in [3.05, 3.63) is 47.5 Å². The Hall–Kier alpha value is -2.00. The quantitative estimate of drug-likeness (QED) is 0.909. The smallest absolute Gasteiger partial charge is 0.126 e. The molecular formula is C22H28N2O. The zero-order valence-electron chi connectivity index (χ0n) is 15.5. The fraction of sp³-hybridized carbons (Fsp3) is 0.455. The lowest BCUT2D eigenvalue weighted by Gasteiger charge is -2.24. The van der Waals surface area contributed by atoms with E-state index >= 15 is 0 Å². The first-order valence-electron chi connectivity index (χ1n) is 9.46. The Morgan fingerprint density at radius 3 is 2.80 bits per heavy atom. The van der Waals surface area contributed by atoms with Crippen molar-refractivity contribution in [3.8, 4) is 16.9 Å². The van der Waals surface area contributed by atoms with Gasteiger partial charge in [-0.3, -0.25) is 0 Å². The lowest BCUT2D eigenvalue weighted by atomic mass is 9.96. The molecule has 1 saturated heterocycles. The van der Waals surface area contributed by atoms with Gasteiger partial charge < -0.3 is 15.0 Å². The van der Waals surface area contributed by atoms with Crippen LogP contribution >= 0.6 is 0 Å². The van der Waals surface area contributed by atoms with Crippen LogP contribution in [0.25, 0.3) is 11.1 Å². The maximum absolute atomic E-state index is 5.70. The molecule has 4 rings (SSSR count). The second-order valence-electron chi connectivity index (χ2n) is 7.55. The molecule has 132 valence electrons. The maximum Gasteiger partial charge on any atom is 0.126 e. The summed E-state index contributed by atoms with van der Waals surface area (Å²) in [5, 5.41) is 3.52. The van der Waals surface area contributed by atoms with E-state index in [2.05, 4.69) is 60.5 Å². The van der Waals surface area contributed by atoms with Gasteiger partial charge in [0.15, 0.2) is 0 Å². The summed E-state index contributed by atoms with van der Waals surface area (Å²) in [6.45, 7) is 7.77. The minimum Gasteiger partial charge on any atom is -0.496 e. The second-order valence-corrected chi connectivity index (χ2v) is 7.55. The molecule has 3 nitrogen and oxygen atoms in total. The van der Waals surface area contributed by atoms with Crippen LogP contribution in [-0.2, 0) is 6.42 Å². The molecule has 0 aromatic heterocycles. The Labute approximate surface area is 151 Å². The van der Waals surface area contributed by atoms with Crippen LogP contribution in [0.1, 0.15) is 37.3 Å². The van der Waals surface area contributed by atoms with E-state index in [4.69, 9.17) is 4.74 Å². The Morgan fingerprint density at radius 2 is 2.00 bits per heavy atom. The number of hydrogen-bond acceptors (Lipinski definition) is 3. The van der Waals surface area contributed by atoms with Crippen molar-refractivity contribution in [1.29, 1.82) is 0 Å². The van der Waals surface area contributed by atoms with Crippen LogP contribution in [0.2, 0.25) is 0 Å². The van der Waals surface area contributed by atoms with Crippen molar-refractivity contribution in [3.63, 3.8) is 0 Å². The zero-order chi connectivity index (χ0) is 17.4. The van der Waals surface area contributed by atoms with Crippen LogP contribution in [0.5, 0.6) is 5.75 Å². The summed E-state index contributed by atoms with van der Waals surface area (Å²) in [5.74, 6) is 1.49. The summed E-state index contributed by atoms with van der Waals surface area (Å²) in [6, 6.07) is 14.2. The summed E-state index contributed by atoms with van der Waals surface area (Å²) < 4.78 is 5.70. The molecule has 0 amide bonds. The monoisotopic (exact) mass is 336 g/mol. The summed E-state index contributed by atoms with van der Waals surface area (Å²) in [4.78, 5) is 2.60. The molecule has 1 atom stereocenters. The highest BCUT2D eigenvalue weighted by atomic mass is 16.5. The molecule has 0 radical (unpaired) electrons. The number of anilines is 1. The SMILES string of the molecule is COc1cc(C(C)C)ccc1-c1ccc2c(c1)CC1CCNCCN21. The van der Waals surface area contributed by atoms with E-state index in [1.54, 1.807) is 7.11 Å². The van der Waals surface area contributed by atoms with Crippen molar-refractivity contribution in [1.82, 2.24) is 5.32 Å². The average molecular weight is 336 g/mol. The van der Waals surface area contributed by atoms with Gasteiger partial charge in [0, 0.05) is 30.4 Å². The van der Waals surface area contributed by atoms with Crippen LogP contribution in [0, 0.1) is 0 Å². The van der Waals surface area contributed by atoms with E-state index in [1.165, 1.54) is 34.4 Å². The third-order valence-electron chi connectivity index (χ3n) is 5.67. The van der Waals surface area contributed by atoms with Crippen molar-refractivity contribution in [2.45, 2.75) is 38.6 Å². The van der Waals surface area contributed by atoms with Crippen LogP contribution in [0.4, 0.5) is 5.69 Å². The van der Waals surface area contributed by atoms with Crippen LogP contribution < -0.4 is 15.0 Å². The minimum atomic E-state index is 0.511. The van der Waals surface area contributed by atoms with Crippen molar-refractivity contribution < 1.29 is 4.74 Å². The van der Waals surface area contributed by atoms with Crippen molar-refractivity contribution in [2.24, 2.45) is 0 Å². The third kappa shape index (κ3) is 3.02. The molecular weight excluding hydrogens is 308 g/mol. The molecule has 2 aromatic carbocycles. The lowest BCUT2D eigenvalue weighted by molar-refractivity contribution is 0.415. The molecule has 0 spiro atoms. The van der Waals surface area contributed by atoms with Gasteiger partial charge in [-0.2, -0.15) is 0 Å². The molecule has 3 heteroatoms. The Morgan fingerprint density at radius 1 is 1.12 bits per heavy atom. The highest BCUT2D eigenvalue weighted by Crippen LogP contribution is 2.39. The molecule has 1 fully saturated rings. The first-order chi connectivity index (χ1) is 12.2. The number of benzene rings is 2. The van der Waals surface area contributed by atoms with Gasteiger partial charge in [0.1, 0.15) is 5.75 Å². The number of ether oxygens (including phenoxy) is 1. The number of fused-ring (bicyclic) bond motifs is 3. The van der Waals surface area contributed by atoms with Gasteiger partial charge in [0.2, 0.25) is 0 Å². The van der Waals surface area contributed by atoms with E-state index in [1.807, 2.05) is 0 Å². The molecule has 0 saturated carbocycles. The van der Waals surface area contributed by atoms with Crippen molar-refractivity contribution >= 4 is 5.69 Å². The number of methoxy groups -OCH3 is 1. The van der Waals surface area contributed by atoms with E-state index in [-0.39, 0.29) is 0 Å². The lowest BCUT2D eigenvalue weighted by Crippen LogP contribution is -2.32. The van der Waals surface area contributed by atoms with E-state index in [9.17, 15) is 0 Å². The Balaban J connectivity index is 1.70. The topological polar surface area (TPSA) is 24.5 Å². The zero-order valence-corrected chi connectivity index (χ0v) is 15.5. The standard InChI is InChI=1S/C22H28N2O/c1-15(2)16-4-6-20(22(14-16)25-3)17-5-7-21-18(12-17)13-19-8-9-23-10-11-24(19)21/h4-7,12,14-15,19,23H,8-11,13H2,1-3H3. The van der Waals surface area contributed by atoms with Gasteiger partial charge in [-0.15, -0.1) is 0 Å². The van der Waals surface area contributed by atoms with Crippen molar-refractivity contribution in [2.75, 3.05) is 31.6 Å². The number of nitrogens with zero attached hydrogens (tertiary/aromatic N) is 1. The predicted octanol–water partition coefficient (Wildman–Crippen LogP) is 4.21. The molecule has 2 heterocycles. The Bertz CT molecular complexity index is 769. The molecule has 25 heavy (non-hydrogen) atoms. The second kappa shape index (κ2) is 6.72. The summed E-state index contributed by atoms with van der Waals surface area (Å²) >= 11 is 0. The van der Waals surface area contributed by atoms with Crippen LogP contribution in [0.15, 0.2) is 36.4 Å². The highest BCUT2D eigenvalue weighted by molar-refractivity contribution is 5.75. The van der Waals surface area contributed by atoms with Gasteiger partial charge in [0.05, 0.1) is 7.11 Å². The van der Waals surface area contributed by atoms with E-state index < -0.39 is 0 Å². The normalized spacial score (nSPS) is 19.5. The molecule has 2 aromatic rings. The van der Waals surface area contributed by atoms with Crippen LogP contribution in [-0.4, -0.2) is 32.8 Å². The van der Waals surface area contributed by atoms with Gasteiger partial charge in [-0.05, 0) is 60.2 Å². The first-order valence-corrected chi connectivity index (χ1v) is 9.46. The van der Waals surface area contributed by atoms with Gasteiger partial charge in [-0.1, -0.05) is 32.0 Å². The summed E-state index contributed by atoms with van der Waals surface area (Å²) in [6.07, 6.45) is 2.40. The molecule has 0 bridgehead atoms. The molecule has 0 aliphatic carbocycles. The fourth-order valence-electron chi connectivity index (χ4n) is 4.22. The first kappa shape index (κ1) is 16.5. The van der Waals surface area contributed by atoms with Gasteiger partial charge in [0.25, 0.3) is 0 Å². The molecule has 1 N–H and O–H groups in total. The highest BCUT2D eigenvalue weighted by Gasteiger charge is 2.30. The number of nitrogens with one attached hydrogen (secondary N) is 1. The minimum absolute atomic E-state index is 0.511. The molecule has 1 unspecified atom stereocenters. The number of hydrogen-bond donors (Lipinski definition) is 1. The van der Waals surface area contributed by atoms with E-state index in [0.29, 0.717) is 12.0 Å².